The third-order valence-electron chi connectivity index (χ3n) is 5.28. The topological polar surface area (TPSA) is 61.8 Å². The quantitative estimate of drug-likeness (QED) is 0.393. The van der Waals surface area contributed by atoms with Crippen LogP contribution in [0.15, 0.2) is 24.3 Å². The van der Waals surface area contributed by atoms with Gasteiger partial charge in [0.25, 0.3) is 6.29 Å². The second kappa shape index (κ2) is 11.2. The normalized spacial score (nSPS) is 17.1. The molecule has 0 bridgehead atoms. The summed E-state index contributed by atoms with van der Waals surface area (Å²) in [7, 11) is 0. The fourth-order valence-corrected chi connectivity index (χ4v) is 3.50. The number of carbonyl (C=O) groups excluding carboxylic acids is 2. The van der Waals surface area contributed by atoms with Gasteiger partial charge in [-0.25, -0.2) is 4.79 Å². The average Bonchev–Trinajstić information content (AvgIpc) is 2.67. The van der Waals surface area contributed by atoms with Crippen molar-refractivity contribution in [2.24, 2.45) is 11.8 Å². The Bertz CT molecular complexity index is 644. The van der Waals surface area contributed by atoms with Crippen molar-refractivity contribution >= 4 is 12.1 Å². The smallest absolute Gasteiger partial charge is 0.431 e. The summed E-state index contributed by atoms with van der Waals surface area (Å²) in [4.78, 5) is 24.8. The summed E-state index contributed by atoms with van der Waals surface area (Å²) in [6.07, 6.45) is 4.24. The summed E-state index contributed by atoms with van der Waals surface area (Å²) < 4.78 is 16.2. The summed E-state index contributed by atoms with van der Waals surface area (Å²) in [5.74, 6) is -0.438. The van der Waals surface area contributed by atoms with Gasteiger partial charge in [0.1, 0.15) is 6.10 Å². The molecule has 2 atom stereocenters. The lowest BCUT2D eigenvalue weighted by Gasteiger charge is -2.25. The monoisotopic (exact) mass is 404 g/mol. The van der Waals surface area contributed by atoms with Gasteiger partial charge in [0.15, 0.2) is 0 Å². The first-order valence-electron chi connectivity index (χ1n) is 10.9. The highest BCUT2D eigenvalue weighted by Gasteiger charge is 2.28. The predicted octanol–water partition coefficient (Wildman–Crippen LogP) is 6.00. The summed E-state index contributed by atoms with van der Waals surface area (Å²) in [6, 6.07) is 8.03. The van der Waals surface area contributed by atoms with Crippen LogP contribution in [0, 0.1) is 11.8 Å². The molecule has 0 spiro atoms. The van der Waals surface area contributed by atoms with E-state index in [1.807, 2.05) is 26.0 Å². The Morgan fingerprint density at radius 1 is 0.931 bits per heavy atom. The van der Waals surface area contributed by atoms with Crippen LogP contribution in [0.2, 0.25) is 0 Å². The molecule has 5 heteroatoms. The Morgan fingerprint density at radius 2 is 1.55 bits per heavy atom. The molecule has 0 N–H and O–H groups in total. The summed E-state index contributed by atoms with van der Waals surface area (Å²) in [6.45, 7) is 9.85. The molecule has 1 aromatic rings. The first kappa shape index (κ1) is 23.2. The number of hydrogen-bond donors (Lipinski definition) is 0. The number of rotatable bonds is 8. The van der Waals surface area contributed by atoms with E-state index in [4.69, 9.17) is 14.2 Å². The molecule has 1 fully saturated rings. The Hall–Kier alpha value is -2.04. The Kier molecular flexibility index (Phi) is 8.99. The lowest BCUT2D eigenvalue weighted by molar-refractivity contribution is -0.182. The molecule has 5 nitrogen and oxygen atoms in total. The maximum atomic E-state index is 12.6. The molecule has 2 rings (SSSR count). The van der Waals surface area contributed by atoms with Gasteiger partial charge in [0, 0.05) is 5.92 Å². The molecule has 1 aliphatic rings. The van der Waals surface area contributed by atoms with Crippen molar-refractivity contribution in [2.75, 3.05) is 0 Å². The predicted molar refractivity (Wildman–Crippen MR) is 113 cm³/mol. The van der Waals surface area contributed by atoms with E-state index < -0.39 is 24.3 Å². The molecule has 0 heterocycles. The first-order chi connectivity index (χ1) is 13.8. The van der Waals surface area contributed by atoms with Gasteiger partial charge in [-0.1, -0.05) is 58.4 Å². The number of hydrogen-bond acceptors (Lipinski definition) is 5. The second-order valence-corrected chi connectivity index (χ2v) is 8.86. The van der Waals surface area contributed by atoms with Gasteiger partial charge in [-0.3, -0.25) is 4.79 Å². The number of carbonyl (C=O) groups is 2. The third kappa shape index (κ3) is 7.71. The molecule has 2 unspecified atom stereocenters. The zero-order chi connectivity index (χ0) is 21.4. The molecule has 1 aromatic carbocycles. The Balaban J connectivity index is 1.91. The summed E-state index contributed by atoms with van der Waals surface area (Å²) in [5, 5.41) is 0. The highest BCUT2D eigenvalue weighted by Crippen LogP contribution is 2.23. The number of ether oxygens (including phenoxy) is 3. The molecule has 0 radical (unpaired) electrons. The minimum Gasteiger partial charge on any atom is -0.431 e. The Labute approximate surface area is 175 Å². The second-order valence-electron chi connectivity index (χ2n) is 8.86. The highest BCUT2D eigenvalue weighted by atomic mass is 16.8. The van der Waals surface area contributed by atoms with Crippen LogP contribution in [0.4, 0.5) is 4.79 Å². The van der Waals surface area contributed by atoms with E-state index in [2.05, 4.69) is 26.0 Å². The van der Waals surface area contributed by atoms with Crippen LogP contribution in [-0.2, 0) is 25.4 Å². The van der Waals surface area contributed by atoms with E-state index in [1.54, 1.807) is 6.92 Å². The lowest BCUT2D eigenvalue weighted by Crippen LogP contribution is -2.32. The summed E-state index contributed by atoms with van der Waals surface area (Å²) in [5.41, 5.74) is 2.13. The van der Waals surface area contributed by atoms with Crippen molar-refractivity contribution in [2.45, 2.75) is 91.5 Å². The zero-order valence-corrected chi connectivity index (χ0v) is 18.5. The van der Waals surface area contributed by atoms with Crippen molar-refractivity contribution in [1.82, 2.24) is 0 Å². The molecular weight excluding hydrogens is 368 g/mol. The van der Waals surface area contributed by atoms with E-state index in [-0.39, 0.29) is 12.0 Å². The molecule has 1 saturated carbocycles. The van der Waals surface area contributed by atoms with Crippen molar-refractivity contribution in [1.29, 1.82) is 0 Å². The van der Waals surface area contributed by atoms with Gasteiger partial charge in [-0.05, 0) is 56.1 Å². The maximum Gasteiger partial charge on any atom is 0.511 e. The summed E-state index contributed by atoms with van der Waals surface area (Å²) >= 11 is 0. The standard InChI is InChI=1S/C24H36O5/c1-16(2)15-19-11-13-20(14-12-19)18(5)22(25)28-23(17(3)4)29-24(26)27-21-9-7-6-8-10-21/h11-14,16-18,21,23H,6-10,15H2,1-5H3. The van der Waals surface area contributed by atoms with Crippen LogP contribution in [0.1, 0.15) is 83.8 Å². The number of esters is 1. The van der Waals surface area contributed by atoms with Crippen LogP contribution in [0.3, 0.4) is 0 Å². The number of benzene rings is 1. The lowest BCUT2D eigenvalue weighted by atomic mass is 9.97. The fourth-order valence-electron chi connectivity index (χ4n) is 3.50. The van der Waals surface area contributed by atoms with Gasteiger partial charge in [0.05, 0.1) is 5.92 Å². The molecule has 29 heavy (non-hydrogen) atoms. The minimum absolute atomic E-state index is 0.0944. The van der Waals surface area contributed by atoms with Gasteiger partial charge in [-0.15, -0.1) is 0 Å². The molecule has 0 aromatic heterocycles. The van der Waals surface area contributed by atoms with E-state index in [0.717, 1.165) is 37.7 Å². The van der Waals surface area contributed by atoms with E-state index in [0.29, 0.717) is 5.92 Å². The highest BCUT2D eigenvalue weighted by molar-refractivity contribution is 5.78. The van der Waals surface area contributed by atoms with Gasteiger partial charge >= 0.3 is 12.1 Å². The van der Waals surface area contributed by atoms with E-state index >= 15 is 0 Å². The SMILES string of the molecule is CC(C)Cc1ccc(C(C)C(=O)OC(OC(=O)OC2CCCCC2)C(C)C)cc1. The Morgan fingerprint density at radius 3 is 2.10 bits per heavy atom. The van der Waals surface area contributed by atoms with Crippen molar-refractivity contribution in [3.63, 3.8) is 0 Å². The average molecular weight is 405 g/mol. The largest absolute Gasteiger partial charge is 0.511 e. The van der Waals surface area contributed by atoms with Crippen LogP contribution >= 0.6 is 0 Å². The molecule has 162 valence electrons. The van der Waals surface area contributed by atoms with Crippen LogP contribution in [-0.4, -0.2) is 24.5 Å². The van der Waals surface area contributed by atoms with Crippen molar-refractivity contribution in [3.8, 4) is 0 Å². The first-order valence-corrected chi connectivity index (χ1v) is 10.9. The fraction of sp³-hybridized carbons (Fsp3) is 0.667. The zero-order valence-electron chi connectivity index (χ0n) is 18.5. The van der Waals surface area contributed by atoms with Crippen molar-refractivity contribution in [3.05, 3.63) is 35.4 Å². The van der Waals surface area contributed by atoms with Crippen molar-refractivity contribution < 1.29 is 23.8 Å². The van der Waals surface area contributed by atoms with Gasteiger partial charge in [-0.2, -0.15) is 0 Å². The van der Waals surface area contributed by atoms with Gasteiger partial charge < -0.3 is 14.2 Å². The molecule has 0 aliphatic heterocycles. The molecule has 0 amide bonds. The van der Waals surface area contributed by atoms with Gasteiger partial charge in [0.2, 0.25) is 0 Å². The third-order valence-corrected chi connectivity index (χ3v) is 5.28. The minimum atomic E-state index is -0.957. The van der Waals surface area contributed by atoms with E-state index in [1.165, 1.54) is 12.0 Å². The van der Waals surface area contributed by atoms with Crippen LogP contribution < -0.4 is 0 Å². The molecule has 0 saturated heterocycles. The van der Waals surface area contributed by atoms with E-state index in [9.17, 15) is 9.59 Å². The van der Waals surface area contributed by atoms with Crippen LogP contribution in [0.5, 0.6) is 0 Å². The maximum absolute atomic E-state index is 12.6. The molecular formula is C24H36O5. The van der Waals surface area contributed by atoms with Crippen LogP contribution in [0.25, 0.3) is 0 Å². The molecule has 1 aliphatic carbocycles.